The van der Waals surface area contributed by atoms with Crippen LogP contribution in [-0.2, 0) is 0 Å². The molecule has 0 amide bonds. The molecule has 1 aromatic carbocycles. The van der Waals surface area contributed by atoms with Gasteiger partial charge >= 0.3 is 0 Å². The molecule has 4 rings (SSSR count). The molecule has 3 N–H and O–H groups in total. The van der Waals surface area contributed by atoms with E-state index in [1.54, 1.807) is 0 Å². The Hall–Kier alpha value is -1.95. The summed E-state index contributed by atoms with van der Waals surface area (Å²) in [6.45, 7) is 1.17. The molecule has 0 bridgehead atoms. The molecular formula is C15H19N3O3. The molecule has 2 aromatic rings. The Bertz CT molecular complexity index is 604. The van der Waals surface area contributed by atoms with Gasteiger partial charge in [0.2, 0.25) is 5.95 Å². The zero-order valence-electron chi connectivity index (χ0n) is 11.8. The smallest absolute Gasteiger partial charge is 0.201 e. The molecule has 1 fully saturated rings. The molecule has 6 nitrogen and oxygen atoms in total. The van der Waals surface area contributed by atoms with Crippen LogP contribution in [-0.4, -0.2) is 40.4 Å². The first-order chi connectivity index (χ1) is 10.3. The molecule has 0 radical (unpaired) electrons. The fourth-order valence-corrected chi connectivity index (χ4v) is 3.03. The molecule has 6 heteroatoms. The van der Waals surface area contributed by atoms with Crippen LogP contribution >= 0.6 is 0 Å². The van der Waals surface area contributed by atoms with Crippen LogP contribution in [0.1, 0.15) is 25.7 Å². The molecule has 2 aliphatic rings. The molecule has 2 heterocycles. The number of aromatic nitrogens is 2. The first-order valence-electron chi connectivity index (χ1n) is 7.52. The number of aromatic amines is 1. The predicted molar refractivity (Wildman–Crippen MR) is 79.0 cm³/mol. The largest absolute Gasteiger partial charge is 0.486 e. The van der Waals surface area contributed by atoms with E-state index in [0.29, 0.717) is 19.3 Å². The summed E-state index contributed by atoms with van der Waals surface area (Å²) in [6, 6.07) is 4.22. The topological polar surface area (TPSA) is 79.4 Å². The molecule has 1 aromatic heterocycles. The van der Waals surface area contributed by atoms with E-state index in [1.165, 1.54) is 0 Å². The lowest BCUT2D eigenvalue weighted by Gasteiger charge is -2.25. The Labute approximate surface area is 122 Å². The molecule has 0 unspecified atom stereocenters. The van der Waals surface area contributed by atoms with Crippen molar-refractivity contribution >= 4 is 17.0 Å². The van der Waals surface area contributed by atoms with Gasteiger partial charge in [0.25, 0.3) is 0 Å². The third-order valence-electron chi connectivity index (χ3n) is 4.18. The summed E-state index contributed by atoms with van der Waals surface area (Å²) >= 11 is 0. The van der Waals surface area contributed by atoms with Crippen LogP contribution in [0.4, 0.5) is 5.95 Å². The van der Waals surface area contributed by atoms with Crippen molar-refractivity contribution in [1.29, 1.82) is 0 Å². The van der Waals surface area contributed by atoms with Gasteiger partial charge in [-0.1, -0.05) is 0 Å². The van der Waals surface area contributed by atoms with Crippen LogP contribution in [0.25, 0.3) is 11.0 Å². The lowest BCUT2D eigenvalue weighted by atomic mass is 9.93. The number of H-pyrrole nitrogens is 1. The molecule has 1 saturated carbocycles. The van der Waals surface area contributed by atoms with Crippen LogP contribution in [0.2, 0.25) is 0 Å². The van der Waals surface area contributed by atoms with Gasteiger partial charge in [0.1, 0.15) is 13.2 Å². The number of imidazole rings is 1. The van der Waals surface area contributed by atoms with Gasteiger partial charge in [-0.05, 0) is 25.7 Å². The number of aliphatic hydroxyl groups is 1. The lowest BCUT2D eigenvalue weighted by Crippen LogP contribution is -2.28. The van der Waals surface area contributed by atoms with Crippen LogP contribution in [0, 0.1) is 0 Å². The zero-order valence-corrected chi connectivity index (χ0v) is 11.8. The van der Waals surface area contributed by atoms with Gasteiger partial charge in [0.15, 0.2) is 11.5 Å². The number of hydrogen-bond donors (Lipinski definition) is 3. The Balaban J connectivity index is 1.56. The number of rotatable bonds is 2. The second kappa shape index (κ2) is 5.11. The molecule has 0 atom stereocenters. The van der Waals surface area contributed by atoms with Crippen molar-refractivity contribution in [3.63, 3.8) is 0 Å². The minimum absolute atomic E-state index is 0.139. The highest BCUT2D eigenvalue weighted by molar-refractivity contribution is 5.81. The highest BCUT2D eigenvalue weighted by Gasteiger charge is 2.20. The van der Waals surface area contributed by atoms with E-state index < -0.39 is 0 Å². The van der Waals surface area contributed by atoms with E-state index >= 15 is 0 Å². The van der Waals surface area contributed by atoms with Crippen molar-refractivity contribution in [1.82, 2.24) is 9.97 Å². The van der Waals surface area contributed by atoms with Crippen molar-refractivity contribution in [3.8, 4) is 11.5 Å². The van der Waals surface area contributed by atoms with Gasteiger partial charge in [-0.3, -0.25) is 0 Å². The number of ether oxygens (including phenoxy) is 2. The number of nitrogens with zero attached hydrogens (tertiary/aromatic N) is 1. The molecule has 0 saturated heterocycles. The van der Waals surface area contributed by atoms with Crippen LogP contribution in [0.15, 0.2) is 12.1 Å². The molecule has 21 heavy (non-hydrogen) atoms. The third kappa shape index (κ3) is 2.51. The van der Waals surface area contributed by atoms with Crippen molar-refractivity contribution in [3.05, 3.63) is 12.1 Å². The van der Waals surface area contributed by atoms with E-state index in [0.717, 1.165) is 54.2 Å². The second-order valence-electron chi connectivity index (χ2n) is 5.75. The number of nitrogens with one attached hydrogen (secondary N) is 2. The lowest BCUT2D eigenvalue weighted by molar-refractivity contribution is 0.126. The first kappa shape index (κ1) is 12.8. The maximum Gasteiger partial charge on any atom is 0.201 e. The van der Waals surface area contributed by atoms with Crippen LogP contribution < -0.4 is 14.8 Å². The van der Waals surface area contributed by atoms with Gasteiger partial charge < -0.3 is 24.9 Å². The van der Waals surface area contributed by atoms with Gasteiger partial charge in [0, 0.05) is 18.2 Å². The van der Waals surface area contributed by atoms with E-state index in [-0.39, 0.29) is 6.10 Å². The maximum absolute atomic E-state index is 9.55. The molecular weight excluding hydrogens is 270 g/mol. The molecule has 1 aliphatic heterocycles. The average molecular weight is 289 g/mol. The quantitative estimate of drug-likeness (QED) is 0.788. The Morgan fingerprint density at radius 3 is 2.57 bits per heavy atom. The van der Waals surface area contributed by atoms with E-state index in [2.05, 4.69) is 15.3 Å². The Morgan fingerprint density at radius 2 is 1.81 bits per heavy atom. The van der Waals surface area contributed by atoms with Crippen molar-refractivity contribution in [2.75, 3.05) is 18.5 Å². The van der Waals surface area contributed by atoms with Gasteiger partial charge in [-0.25, -0.2) is 4.98 Å². The van der Waals surface area contributed by atoms with E-state index in [4.69, 9.17) is 9.47 Å². The summed E-state index contributed by atoms with van der Waals surface area (Å²) < 4.78 is 11.2. The van der Waals surface area contributed by atoms with E-state index in [9.17, 15) is 5.11 Å². The normalized spacial score (nSPS) is 25.0. The van der Waals surface area contributed by atoms with Gasteiger partial charge in [-0.15, -0.1) is 0 Å². The third-order valence-corrected chi connectivity index (χ3v) is 4.18. The van der Waals surface area contributed by atoms with Crippen molar-refractivity contribution in [2.45, 2.75) is 37.8 Å². The van der Waals surface area contributed by atoms with Crippen molar-refractivity contribution in [2.24, 2.45) is 0 Å². The number of benzene rings is 1. The average Bonchev–Trinajstić information content (AvgIpc) is 2.88. The number of aliphatic hydroxyl groups excluding tert-OH is 1. The number of anilines is 1. The Kier molecular flexibility index (Phi) is 3.11. The Morgan fingerprint density at radius 1 is 1.10 bits per heavy atom. The molecule has 0 spiro atoms. The number of hydrogen-bond acceptors (Lipinski definition) is 5. The van der Waals surface area contributed by atoms with E-state index in [1.807, 2.05) is 12.1 Å². The molecule has 1 aliphatic carbocycles. The highest BCUT2D eigenvalue weighted by Crippen LogP contribution is 2.34. The standard InChI is InChI=1S/C15H19N3O3/c19-10-3-1-9(2-4-10)16-15-17-11-7-13-14(8-12(11)18-15)21-6-5-20-13/h7-10,19H,1-6H2,(H2,16,17,18). The van der Waals surface area contributed by atoms with Gasteiger partial charge in [-0.2, -0.15) is 0 Å². The summed E-state index contributed by atoms with van der Waals surface area (Å²) in [6.07, 6.45) is 3.52. The van der Waals surface area contributed by atoms with Gasteiger partial charge in [0.05, 0.1) is 17.1 Å². The molecule has 112 valence electrons. The summed E-state index contributed by atoms with van der Waals surface area (Å²) in [5, 5.41) is 13.0. The summed E-state index contributed by atoms with van der Waals surface area (Å²) in [7, 11) is 0. The summed E-state index contributed by atoms with van der Waals surface area (Å²) in [5.74, 6) is 2.30. The van der Waals surface area contributed by atoms with Crippen molar-refractivity contribution < 1.29 is 14.6 Å². The fraction of sp³-hybridized carbons (Fsp3) is 0.533. The van der Waals surface area contributed by atoms with Crippen LogP contribution in [0.5, 0.6) is 11.5 Å². The summed E-state index contributed by atoms with van der Waals surface area (Å²) in [4.78, 5) is 7.85. The minimum atomic E-state index is -0.139. The maximum atomic E-state index is 9.55. The minimum Gasteiger partial charge on any atom is -0.486 e. The zero-order chi connectivity index (χ0) is 14.2. The SMILES string of the molecule is OC1CCC(Nc2nc3cc4c(cc3[nH]2)OCCO4)CC1. The highest BCUT2D eigenvalue weighted by atomic mass is 16.6. The predicted octanol–water partition coefficient (Wildman–Crippen LogP) is 2.05. The fourth-order valence-electron chi connectivity index (χ4n) is 3.03. The first-order valence-corrected chi connectivity index (χ1v) is 7.52. The van der Waals surface area contributed by atoms with Crippen LogP contribution in [0.3, 0.4) is 0 Å². The number of fused-ring (bicyclic) bond motifs is 2. The summed E-state index contributed by atoms with van der Waals surface area (Å²) in [5.41, 5.74) is 1.81. The monoisotopic (exact) mass is 289 g/mol. The second-order valence-corrected chi connectivity index (χ2v) is 5.75.